The van der Waals surface area contributed by atoms with Crippen LogP contribution in [0.4, 0.5) is 11.4 Å². The van der Waals surface area contributed by atoms with E-state index in [1.807, 2.05) is 6.92 Å². The first-order valence-corrected chi connectivity index (χ1v) is 6.48. The Morgan fingerprint density at radius 2 is 2.16 bits per heavy atom. The zero-order valence-electron chi connectivity index (χ0n) is 11.5. The van der Waals surface area contributed by atoms with Crippen LogP contribution in [0.2, 0.25) is 0 Å². The molecule has 1 atom stereocenters. The van der Waals surface area contributed by atoms with Gasteiger partial charge in [0.15, 0.2) is 6.61 Å². The fourth-order valence-electron chi connectivity index (χ4n) is 2.15. The van der Waals surface area contributed by atoms with Crippen molar-refractivity contribution >= 4 is 17.3 Å². The summed E-state index contributed by atoms with van der Waals surface area (Å²) in [6, 6.07) is 3.41. The summed E-state index contributed by atoms with van der Waals surface area (Å²) in [5, 5.41) is 2.74. The molecule has 2 rings (SSSR count). The molecule has 0 fully saturated rings. The van der Waals surface area contributed by atoms with E-state index in [0.717, 1.165) is 6.42 Å². The predicted molar refractivity (Wildman–Crippen MR) is 74.5 cm³/mol. The van der Waals surface area contributed by atoms with Gasteiger partial charge in [0.05, 0.1) is 17.5 Å². The maximum atomic E-state index is 11.3. The first kappa shape index (κ1) is 13.5. The molecular formula is C14H20N2O3. The van der Waals surface area contributed by atoms with Crippen molar-refractivity contribution in [1.82, 2.24) is 0 Å². The lowest BCUT2D eigenvalue weighted by Crippen LogP contribution is -2.25. The van der Waals surface area contributed by atoms with E-state index in [1.54, 1.807) is 12.1 Å². The van der Waals surface area contributed by atoms with E-state index in [2.05, 4.69) is 19.2 Å². The normalized spacial score (nSPS) is 15.5. The van der Waals surface area contributed by atoms with Crippen LogP contribution < -0.4 is 20.5 Å². The topological polar surface area (TPSA) is 73.6 Å². The van der Waals surface area contributed by atoms with Crippen molar-refractivity contribution in [2.24, 2.45) is 5.92 Å². The second-order valence-corrected chi connectivity index (χ2v) is 5.28. The van der Waals surface area contributed by atoms with E-state index >= 15 is 0 Å². The fourth-order valence-corrected chi connectivity index (χ4v) is 2.15. The Hall–Kier alpha value is -1.91. The molecule has 0 spiro atoms. The lowest BCUT2D eigenvalue weighted by Gasteiger charge is -2.22. The van der Waals surface area contributed by atoms with E-state index in [4.69, 9.17) is 15.2 Å². The molecule has 1 aliphatic rings. The number of benzene rings is 1. The van der Waals surface area contributed by atoms with Crippen LogP contribution in [0.1, 0.15) is 27.2 Å². The average Bonchev–Trinajstić information content (AvgIpc) is 2.29. The van der Waals surface area contributed by atoms with Gasteiger partial charge in [0, 0.05) is 12.1 Å². The van der Waals surface area contributed by atoms with Gasteiger partial charge in [-0.1, -0.05) is 13.8 Å². The van der Waals surface area contributed by atoms with Gasteiger partial charge in [-0.05, 0) is 19.3 Å². The predicted octanol–water partition coefficient (Wildman–Crippen LogP) is 2.41. The summed E-state index contributed by atoms with van der Waals surface area (Å²) in [7, 11) is 0. The maximum absolute atomic E-state index is 11.3. The van der Waals surface area contributed by atoms with Gasteiger partial charge in [0.2, 0.25) is 0 Å². The minimum atomic E-state index is -0.168. The SMILES string of the molecule is CC(C)CC(C)Oc1cc2c(cc1N)OCC(=O)N2. The van der Waals surface area contributed by atoms with Gasteiger partial charge in [-0.25, -0.2) is 0 Å². The van der Waals surface area contributed by atoms with Gasteiger partial charge in [-0.2, -0.15) is 0 Å². The highest BCUT2D eigenvalue weighted by molar-refractivity contribution is 5.96. The number of amides is 1. The molecule has 104 valence electrons. The zero-order chi connectivity index (χ0) is 14.0. The number of hydrogen-bond donors (Lipinski definition) is 2. The van der Waals surface area contributed by atoms with E-state index in [-0.39, 0.29) is 18.6 Å². The number of carbonyl (C=O) groups is 1. The Morgan fingerprint density at radius 3 is 2.84 bits per heavy atom. The molecule has 0 bridgehead atoms. The van der Waals surface area contributed by atoms with E-state index in [9.17, 15) is 4.79 Å². The Morgan fingerprint density at radius 1 is 1.42 bits per heavy atom. The van der Waals surface area contributed by atoms with Crippen LogP contribution in [0.3, 0.4) is 0 Å². The number of rotatable bonds is 4. The summed E-state index contributed by atoms with van der Waals surface area (Å²) in [6.07, 6.45) is 1.01. The number of nitrogens with one attached hydrogen (secondary N) is 1. The van der Waals surface area contributed by atoms with Crippen molar-refractivity contribution in [1.29, 1.82) is 0 Å². The molecular weight excluding hydrogens is 244 g/mol. The van der Waals surface area contributed by atoms with Gasteiger partial charge in [0.25, 0.3) is 5.91 Å². The molecule has 1 unspecified atom stereocenters. The van der Waals surface area contributed by atoms with Crippen LogP contribution in [0.5, 0.6) is 11.5 Å². The number of nitrogen functional groups attached to an aromatic ring is 1. The molecule has 1 aromatic rings. The molecule has 0 saturated carbocycles. The number of anilines is 2. The second kappa shape index (κ2) is 5.38. The molecule has 1 amide bonds. The van der Waals surface area contributed by atoms with E-state index in [1.165, 1.54) is 0 Å². The van der Waals surface area contributed by atoms with Crippen molar-refractivity contribution in [2.75, 3.05) is 17.7 Å². The summed E-state index contributed by atoms with van der Waals surface area (Å²) in [5.41, 5.74) is 7.07. The first-order valence-electron chi connectivity index (χ1n) is 6.48. The zero-order valence-corrected chi connectivity index (χ0v) is 11.5. The summed E-state index contributed by atoms with van der Waals surface area (Å²) >= 11 is 0. The summed E-state index contributed by atoms with van der Waals surface area (Å²) in [4.78, 5) is 11.3. The Balaban J connectivity index is 2.17. The summed E-state index contributed by atoms with van der Waals surface area (Å²) in [5.74, 6) is 1.55. The molecule has 1 heterocycles. The van der Waals surface area contributed by atoms with Gasteiger partial charge in [-0.3, -0.25) is 4.79 Å². The smallest absolute Gasteiger partial charge is 0.262 e. The third-order valence-electron chi connectivity index (χ3n) is 2.88. The van der Waals surface area contributed by atoms with Crippen molar-refractivity contribution in [2.45, 2.75) is 33.3 Å². The first-order chi connectivity index (χ1) is 8.95. The largest absolute Gasteiger partial charge is 0.488 e. The lowest BCUT2D eigenvalue weighted by atomic mass is 10.1. The summed E-state index contributed by atoms with van der Waals surface area (Å²) < 4.78 is 11.1. The van der Waals surface area contributed by atoms with Crippen molar-refractivity contribution in [3.63, 3.8) is 0 Å². The van der Waals surface area contributed by atoms with Crippen molar-refractivity contribution in [3.05, 3.63) is 12.1 Å². The van der Waals surface area contributed by atoms with Crippen LogP contribution in [0.25, 0.3) is 0 Å². The highest BCUT2D eigenvalue weighted by Gasteiger charge is 2.19. The quantitative estimate of drug-likeness (QED) is 0.819. The number of carbonyl (C=O) groups excluding carboxylic acids is 1. The van der Waals surface area contributed by atoms with Crippen LogP contribution in [0, 0.1) is 5.92 Å². The molecule has 19 heavy (non-hydrogen) atoms. The van der Waals surface area contributed by atoms with Crippen molar-refractivity contribution < 1.29 is 14.3 Å². The number of hydrogen-bond acceptors (Lipinski definition) is 4. The number of fused-ring (bicyclic) bond motifs is 1. The molecule has 5 nitrogen and oxygen atoms in total. The molecule has 3 N–H and O–H groups in total. The van der Waals surface area contributed by atoms with Crippen LogP contribution >= 0.6 is 0 Å². The molecule has 1 aromatic carbocycles. The van der Waals surface area contributed by atoms with Gasteiger partial charge in [-0.15, -0.1) is 0 Å². The van der Waals surface area contributed by atoms with Gasteiger partial charge >= 0.3 is 0 Å². The molecule has 1 aliphatic heterocycles. The Kier molecular flexibility index (Phi) is 3.83. The van der Waals surface area contributed by atoms with Crippen LogP contribution in [-0.2, 0) is 4.79 Å². The van der Waals surface area contributed by atoms with E-state index < -0.39 is 0 Å². The van der Waals surface area contributed by atoms with Gasteiger partial charge in [0.1, 0.15) is 11.5 Å². The Labute approximate surface area is 113 Å². The fraction of sp³-hybridized carbons (Fsp3) is 0.500. The highest BCUT2D eigenvalue weighted by Crippen LogP contribution is 2.37. The number of ether oxygens (including phenoxy) is 2. The highest BCUT2D eigenvalue weighted by atomic mass is 16.5. The average molecular weight is 264 g/mol. The molecule has 0 radical (unpaired) electrons. The number of nitrogens with two attached hydrogens (primary N) is 1. The minimum absolute atomic E-state index is 0.0242. The minimum Gasteiger partial charge on any atom is -0.488 e. The molecule has 0 aromatic heterocycles. The molecule has 0 saturated heterocycles. The van der Waals surface area contributed by atoms with Crippen molar-refractivity contribution in [3.8, 4) is 11.5 Å². The standard InChI is InChI=1S/C14H20N2O3/c1-8(2)4-9(3)19-12-6-11-13(5-10(12)15)18-7-14(17)16-11/h5-6,8-9H,4,7,15H2,1-3H3,(H,16,17). The third kappa shape index (κ3) is 3.30. The van der Waals surface area contributed by atoms with Gasteiger partial charge < -0.3 is 20.5 Å². The Bertz CT molecular complexity index is 486. The van der Waals surface area contributed by atoms with Crippen LogP contribution in [-0.4, -0.2) is 18.6 Å². The lowest BCUT2D eigenvalue weighted by molar-refractivity contribution is -0.118. The maximum Gasteiger partial charge on any atom is 0.262 e. The second-order valence-electron chi connectivity index (χ2n) is 5.28. The molecule has 5 heteroatoms. The van der Waals surface area contributed by atoms with Crippen LogP contribution in [0.15, 0.2) is 12.1 Å². The third-order valence-corrected chi connectivity index (χ3v) is 2.88. The van der Waals surface area contributed by atoms with E-state index in [0.29, 0.717) is 28.8 Å². The summed E-state index contributed by atoms with van der Waals surface area (Å²) in [6.45, 7) is 6.32. The monoisotopic (exact) mass is 264 g/mol. The molecule has 0 aliphatic carbocycles.